The summed E-state index contributed by atoms with van der Waals surface area (Å²) in [5, 5.41) is 2.76. The molecule has 0 saturated carbocycles. The van der Waals surface area contributed by atoms with E-state index in [9.17, 15) is 13.2 Å². The maximum atomic E-state index is 12.6. The minimum atomic E-state index is -3.78. The van der Waals surface area contributed by atoms with Crippen molar-refractivity contribution in [3.8, 4) is 11.6 Å². The Kier molecular flexibility index (Phi) is 7.22. The normalized spacial score (nSPS) is 11.4. The standard InChI is InChI=1S/C18H22ClN3O5S/c1-5-26-14-9-7-12(11-15(14)28(24,25)22(3)4)20-18(23)17-13(19)8-10-16(21-17)27-6-2/h7-11H,5-6H2,1-4H3,(H,20,23). The summed E-state index contributed by atoms with van der Waals surface area (Å²) in [4.78, 5) is 16.6. The predicted molar refractivity (Wildman–Crippen MR) is 107 cm³/mol. The molecule has 0 fully saturated rings. The van der Waals surface area contributed by atoms with Gasteiger partial charge in [0, 0.05) is 25.8 Å². The van der Waals surface area contributed by atoms with Gasteiger partial charge in [0.2, 0.25) is 15.9 Å². The van der Waals surface area contributed by atoms with Crippen LogP contribution in [0.15, 0.2) is 35.2 Å². The fraction of sp³-hybridized carbons (Fsp3) is 0.333. The molecular weight excluding hydrogens is 406 g/mol. The van der Waals surface area contributed by atoms with Gasteiger partial charge in [0.15, 0.2) is 5.69 Å². The molecule has 0 atom stereocenters. The van der Waals surface area contributed by atoms with Crippen LogP contribution in [0.3, 0.4) is 0 Å². The van der Waals surface area contributed by atoms with Gasteiger partial charge in [0.25, 0.3) is 5.91 Å². The van der Waals surface area contributed by atoms with E-state index >= 15 is 0 Å². The fourth-order valence-corrected chi connectivity index (χ4v) is 3.50. The molecule has 1 N–H and O–H groups in total. The van der Waals surface area contributed by atoms with Gasteiger partial charge in [-0.2, -0.15) is 0 Å². The van der Waals surface area contributed by atoms with Crippen LogP contribution in [0, 0.1) is 0 Å². The number of carbonyl (C=O) groups is 1. The van der Waals surface area contributed by atoms with Gasteiger partial charge in [0.1, 0.15) is 10.6 Å². The van der Waals surface area contributed by atoms with Crippen LogP contribution in [0.25, 0.3) is 0 Å². The van der Waals surface area contributed by atoms with Crippen LogP contribution >= 0.6 is 11.6 Å². The highest BCUT2D eigenvalue weighted by Gasteiger charge is 2.24. The van der Waals surface area contributed by atoms with Crippen LogP contribution in [0.4, 0.5) is 5.69 Å². The van der Waals surface area contributed by atoms with Gasteiger partial charge in [-0.3, -0.25) is 4.79 Å². The predicted octanol–water partition coefficient (Wildman–Crippen LogP) is 3.04. The molecule has 1 aromatic carbocycles. The van der Waals surface area contributed by atoms with Crippen molar-refractivity contribution in [1.29, 1.82) is 0 Å². The third-order valence-corrected chi connectivity index (χ3v) is 5.73. The maximum Gasteiger partial charge on any atom is 0.275 e. The Morgan fingerprint density at radius 3 is 2.43 bits per heavy atom. The molecule has 1 aromatic heterocycles. The number of sulfonamides is 1. The molecule has 1 amide bonds. The number of rotatable bonds is 8. The Morgan fingerprint density at radius 1 is 1.14 bits per heavy atom. The average molecular weight is 428 g/mol. The van der Waals surface area contributed by atoms with Gasteiger partial charge in [-0.05, 0) is 38.1 Å². The summed E-state index contributed by atoms with van der Waals surface area (Å²) >= 11 is 6.07. The molecule has 28 heavy (non-hydrogen) atoms. The number of amides is 1. The van der Waals surface area contributed by atoms with E-state index in [1.54, 1.807) is 19.9 Å². The van der Waals surface area contributed by atoms with Crippen molar-refractivity contribution in [1.82, 2.24) is 9.29 Å². The summed E-state index contributed by atoms with van der Waals surface area (Å²) in [5.74, 6) is -0.132. The summed E-state index contributed by atoms with van der Waals surface area (Å²) in [5.41, 5.74) is 0.229. The molecular formula is C18H22ClN3O5S. The second-order valence-corrected chi connectivity index (χ2v) is 8.28. The Balaban J connectivity index is 2.39. The average Bonchev–Trinajstić information content (AvgIpc) is 2.64. The zero-order chi connectivity index (χ0) is 20.9. The van der Waals surface area contributed by atoms with Crippen molar-refractivity contribution in [3.05, 3.63) is 41.0 Å². The van der Waals surface area contributed by atoms with E-state index in [0.717, 1.165) is 4.31 Å². The molecule has 0 aliphatic heterocycles. The van der Waals surface area contributed by atoms with E-state index in [1.807, 2.05) is 0 Å². The third-order valence-electron chi connectivity index (χ3n) is 3.59. The number of anilines is 1. The highest BCUT2D eigenvalue weighted by molar-refractivity contribution is 7.89. The Hall–Kier alpha value is -2.36. The zero-order valence-electron chi connectivity index (χ0n) is 16.0. The number of pyridine rings is 1. The number of ether oxygens (including phenoxy) is 2. The summed E-state index contributed by atoms with van der Waals surface area (Å²) in [6.07, 6.45) is 0. The molecule has 152 valence electrons. The first-order valence-electron chi connectivity index (χ1n) is 8.50. The largest absolute Gasteiger partial charge is 0.492 e. The van der Waals surface area contributed by atoms with Crippen molar-refractivity contribution < 1.29 is 22.7 Å². The Labute approximate surface area is 169 Å². The first-order chi connectivity index (χ1) is 13.2. The first-order valence-corrected chi connectivity index (χ1v) is 10.3. The molecule has 0 radical (unpaired) electrons. The van der Waals surface area contributed by atoms with Gasteiger partial charge in [-0.25, -0.2) is 17.7 Å². The maximum absolute atomic E-state index is 12.6. The van der Waals surface area contributed by atoms with Gasteiger partial charge >= 0.3 is 0 Å². The lowest BCUT2D eigenvalue weighted by molar-refractivity contribution is 0.102. The van der Waals surface area contributed by atoms with Crippen molar-refractivity contribution in [2.75, 3.05) is 32.6 Å². The first kappa shape index (κ1) is 21.9. The van der Waals surface area contributed by atoms with Crippen LogP contribution in [-0.4, -0.2) is 50.9 Å². The summed E-state index contributed by atoms with van der Waals surface area (Å²) in [6.45, 7) is 4.23. The number of nitrogens with zero attached hydrogens (tertiary/aromatic N) is 2. The summed E-state index contributed by atoms with van der Waals surface area (Å²) in [7, 11) is -0.948. The fourth-order valence-electron chi connectivity index (χ4n) is 2.26. The lowest BCUT2D eigenvalue weighted by atomic mass is 10.2. The molecule has 0 bridgehead atoms. The topological polar surface area (TPSA) is 97.8 Å². The van der Waals surface area contributed by atoms with Crippen LogP contribution in [-0.2, 0) is 10.0 Å². The Bertz CT molecular complexity index is 964. The van der Waals surface area contributed by atoms with E-state index < -0.39 is 15.9 Å². The lowest BCUT2D eigenvalue weighted by Crippen LogP contribution is -2.23. The molecule has 1 heterocycles. The number of aromatic nitrogens is 1. The van der Waals surface area contributed by atoms with E-state index in [0.29, 0.717) is 13.2 Å². The smallest absolute Gasteiger partial charge is 0.275 e. The SMILES string of the molecule is CCOc1ccc(Cl)c(C(=O)Nc2ccc(OCC)c(S(=O)(=O)N(C)C)c2)n1. The number of hydrogen-bond donors (Lipinski definition) is 1. The van der Waals surface area contributed by atoms with E-state index in [2.05, 4.69) is 10.3 Å². The van der Waals surface area contributed by atoms with E-state index in [-0.39, 0.29) is 32.9 Å². The monoisotopic (exact) mass is 427 g/mol. The van der Waals surface area contributed by atoms with Crippen molar-refractivity contribution >= 4 is 33.2 Å². The molecule has 2 aromatic rings. The minimum Gasteiger partial charge on any atom is -0.492 e. The molecule has 0 aliphatic carbocycles. The quantitative estimate of drug-likeness (QED) is 0.695. The van der Waals surface area contributed by atoms with Crippen LogP contribution in [0.1, 0.15) is 24.3 Å². The van der Waals surface area contributed by atoms with Gasteiger partial charge < -0.3 is 14.8 Å². The lowest BCUT2D eigenvalue weighted by Gasteiger charge is -2.16. The highest BCUT2D eigenvalue weighted by atomic mass is 35.5. The highest BCUT2D eigenvalue weighted by Crippen LogP contribution is 2.29. The molecule has 8 nitrogen and oxygen atoms in total. The van der Waals surface area contributed by atoms with Crippen molar-refractivity contribution in [2.24, 2.45) is 0 Å². The number of benzene rings is 1. The zero-order valence-corrected chi connectivity index (χ0v) is 17.6. The summed E-state index contributed by atoms with van der Waals surface area (Å²) in [6, 6.07) is 7.42. The number of nitrogens with one attached hydrogen (secondary N) is 1. The minimum absolute atomic E-state index is 0.0291. The van der Waals surface area contributed by atoms with Crippen molar-refractivity contribution in [2.45, 2.75) is 18.7 Å². The Morgan fingerprint density at radius 2 is 1.82 bits per heavy atom. The number of carbonyl (C=O) groups excluding carboxylic acids is 1. The van der Waals surface area contributed by atoms with Crippen LogP contribution in [0.2, 0.25) is 5.02 Å². The molecule has 2 rings (SSSR count). The molecule has 0 aliphatic rings. The summed E-state index contributed by atoms with van der Waals surface area (Å²) < 4.78 is 36.9. The second kappa shape index (κ2) is 9.22. The molecule has 0 spiro atoms. The third kappa shape index (κ3) is 4.92. The van der Waals surface area contributed by atoms with Gasteiger partial charge in [0.05, 0.1) is 18.2 Å². The van der Waals surface area contributed by atoms with Gasteiger partial charge in [-0.1, -0.05) is 11.6 Å². The van der Waals surface area contributed by atoms with E-state index in [4.69, 9.17) is 21.1 Å². The van der Waals surface area contributed by atoms with Crippen molar-refractivity contribution in [3.63, 3.8) is 0 Å². The van der Waals surface area contributed by atoms with Crippen LogP contribution in [0.5, 0.6) is 11.6 Å². The second-order valence-electron chi connectivity index (χ2n) is 5.75. The molecule has 0 unspecified atom stereocenters. The van der Waals surface area contributed by atoms with Crippen LogP contribution < -0.4 is 14.8 Å². The van der Waals surface area contributed by atoms with Gasteiger partial charge in [-0.15, -0.1) is 0 Å². The molecule has 0 saturated heterocycles. The molecule has 10 heteroatoms. The number of hydrogen-bond acceptors (Lipinski definition) is 6. The number of halogens is 1. The van der Waals surface area contributed by atoms with E-state index in [1.165, 1.54) is 38.4 Å².